The van der Waals surface area contributed by atoms with Crippen LogP contribution in [0.3, 0.4) is 0 Å². The Morgan fingerprint density at radius 2 is 1.20 bits per heavy atom. The summed E-state index contributed by atoms with van der Waals surface area (Å²) >= 11 is 0. The number of unbranched alkanes of at least 4 members (excludes halogenated alkanes) is 2. The van der Waals surface area contributed by atoms with Crippen molar-refractivity contribution in [1.29, 1.82) is 0 Å². The largest absolute Gasteiger partial charge is 0.455 e. The summed E-state index contributed by atoms with van der Waals surface area (Å²) in [6.45, 7) is 8.99. The van der Waals surface area contributed by atoms with Crippen LogP contribution >= 0.6 is 0 Å². The van der Waals surface area contributed by atoms with E-state index in [1.807, 2.05) is 0 Å². The smallest absolute Gasteiger partial charge is 0.308 e. The highest BCUT2D eigenvalue weighted by Crippen LogP contribution is 2.37. The summed E-state index contributed by atoms with van der Waals surface area (Å²) in [6.07, 6.45) is -20.7. The molecule has 0 aromatic heterocycles. The minimum atomic E-state index is -1.90. The minimum absolute atomic E-state index is 0.0205. The highest BCUT2D eigenvalue weighted by atomic mass is 16.8. The average molecular weight is 925 g/mol. The molecule has 0 aromatic rings. The molecule has 0 spiro atoms. The van der Waals surface area contributed by atoms with Gasteiger partial charge in [-0.3, -0.25) is 9.59 Å². The first-order chi connectivity index (χ1) is 30.5. The molecular weight excluding hydrogens is 848 g/mol. The van der Waals surface area contributed by atoms with Gasteiger partial charge in [-0.15, -0.1) is 0 Å². The van der Waals surface area contributed by atoms with Gasteiger partial charge in [-0.05, 0) is 40.0 Å². The summed E-state index contributed by atoms with van der Waals surface area (Å²) in [4.78, 5) is 27.2. The van der Waals surface area contributed by atoms with Crippen LogP contribution in [-0.2, 0) is 57.0 Å². The molecule has 0 amide bonds. The molecule has 5 rings (SSSR count). The van der Waals surface area contributed by atoms with Crippen molar-refractivity contribution in [2.75, 3.05) is 6.61 Å². The summed E-state index contributed by atoms with van der Waals surface area (Å²) in [5.41, 5.74) is 0. The van der Waals surface area contributed by atoms with Crippen LogP contribution in [0.25, 0.3) is 0 Å². The molecular formula is C44H76O20. The minimum Gasteiger partial charge on any atom is -0.455 e. The Labute approximate surface area is 375 Å². The first-order valence-corrected chi connectivity index (χ1v) is 23.5. The predicted octanol–water partition coefficient (Wildman–Crippen LogP) is 0.590. The van der Waals surface area contributed by atoms with Crippen molar-refractivity contribution in [1.82, 2.24) is 0 Å². The van der Waals surface area contributed by atoms with Crippen molar-refractivity contribution in [2.24, 2.45) is 5.92 Å². The normalized spacial score (nSPS) is 44.9. The molecule has 5 aliphatic rings. The number of aliphatic hydroxyl groups excluding tert-OH is 8. The molecule has 21 atom stereocenters. The zero-order valence-corrected chi connectivity index (χ0v) is 38.1. The fourth-order valence-electron chi connectivity index (χ4n) is 8.79. The van der Waals surface area contributed by atoms with Crippen molar-refractivity contribution < 1.29 is 97.8 Å². The summed E-state index contributed by atoms with van der Waals surface area (Å²) in [6, 6.07) is 0. The van der Waals surface area contributed by atoms with Crippen LogP contribution in [0.2, 0.25) is 0 Å². The van der Waals surface area contributed by atoms with Gasteiger partial charge in [0.15, 0.2) is 37.4 Å². The number of rotatable bonds is 9. The molecule has 5 fully saturated rings. The van der Waals surface area contributed by atoms with E-state index < -0.39 is 147 Å². The van der Waals surface area contributed by atoms with E-state index >= 15 is 0 Å². The van der Waals surface area contributed by atoms with E-state index in [0.717, 1.165) is 57.8 Å². The van der Waals surface area contributed by atoms with Crippen LogP contribution in [0, 0.1) is 5.92 Å². The van der Waals surface area contributed by atoms with Crippen molar-refractivity contribution in [2.45, 2.75) is 254 Å². The van der Waals surface area contributed by atoms with Gasteiger partial charge in [0.1, 0.15) is 67.1 Å². The third kappa shape index (κ3) is 13.5. The monoisotopic (exact) mass is 924 g/mol. The lowest BCUT2D eigenvalue weighted by molar-refractivity contribution is -0.399. The average Bonchev–Trinajstić information content (AvgIpc) is 3.25. The number of hydrogen-bond acceptors (Lipinski definition) is 20. The number of fused-ring (bicyclic) bond motifs is 4. The summed E-state index contributed by atoms with van der Waals surface area (Å²) in [5.74, 6) is -2.21. The second-order valence-electron chi connectivity index (χ2n) is 18.4. The third-order valence-electron chi connectivity index (χ3n) is 12.9. The van der Waals surface area contributed by atoms with Crippen LogP contribution < -0.4 is 0 Å². The van der Waals surface area contributed by atoms with Crippen LogP contribution in [0.5, 0.6) is 0 Å². The molecule has 5 aliphatic heterocycles. The van der Waals surface area contributed by atoms with E-state index in [0.29, 0.717) is 19.3 Å². The van der Waals surface area contributed by atoms with Crippen molar-refractivity contribution in [3.05, 3.63) is 0 Å². The van der Waals surface area contributed by atoms with Gasteiger partial charge in [-0.1, -0.05) is 78.6 Å². The Morgan fingerprint density at radius 3 is 1.86 bits per heavy atom. The fraction of sp³-hybridized carbons (Fsp3) is 0.955. The molecule has 20 nitrogen and oxygen atoms in total. The summed E-state index contributed by atoms with van der Waals surface area (Å²) in [7, 11) is 0. The lowest BCUT2D eigenvalue weighted by Gasteiger charge is -2.50. The standard InChI is InChI=1S/C44H76O20/c1-7-8-14-17-25-18-15-12-10-9-11-13-16-19-27(46)60-38-35(62-41-34(53)31(50)28(47)22(4)55-41)24(6)57-44(39(38)61-40(54)21(2)3)64-37-33(52)30(49)26(20-45)59-43(37)63-36-32(51)29(48)23(5)56-42(36)58-25/h21-26,28-39,41-45,47-53H,7-20H2,1-6H3/t22-,23-,24+,25+,26-,28-,29-,30-,31+,32+,33+,34-,35+,36-,37-,38-,39-,41+,42+,43+,44+/m1/s1. The quantitative estimate of drug-likeness (QED) is 0.116. The van der Waals surface area contributed by atoms with Crippen LogP contribution in [0.15, 0.2) is 0 Å². The Hall–Kier alpha value is -1.70. The summed E-state index contributed by atoms with van der Waals surface area (Å²) in [5, 5.41) is 87.6. The first-order valence-electron chi connectivity index (χ1n) is 23.5. The number of esters is 2. The van der Waals surface area contributed by atoms with Gasteiger partial charge in [0.25, 0.3) is 0 Å². The zero-order valence-electron chi connectivity index (χ0n) is 38.1. The lowest BCUT2D eigenvalue weighted by Crippen LogP contribution is -2.68. The van der Waals surface area contributed by atoms with E-state index in [1.165, 1.54) is 13.8 Å². The van der Waals surface area contributed by atoms with E-state index in [1.54, 1.807) is 20.8 Å². The van der Waals surface area contributed by atoms with Gasteiger partial charge in [-0.2, -0.15) is 0 Å². The Kier molecular flexibility index (Phi) is 20.9. The van der Waals surface area contributed by atoms with Gasteiger partial charge < -0.3 is 88.2 Å². The molecule has 5 heterocycles. The molecule has 0 saturated carbocycles. The number of carbonyl (C=O) groups is 2. The Bertz CT molecular complexity index is 1410. The molecule has 8 N–H and O–H groups in total. The van der Waals surface area contributed by atoms with Gasteiger partial charge in [-0.25, -0.2) is 0 Å². The highest BCUT2D eigenvalue weighted by molar-refractivity contribution is 5.72. The predicted molar refractivity (Wildman–Crippen MR) is 221 cm³/mol. The van der Waals surface area contributed by atoms with Gasteiger partial charge in [0.05, 0.1) is 36.9 Å². The maximum atomic E-state index is 13.7. The van der Waals surface area contributed by atoms with Crippen LogP contribution in [-0.4, -0.2) is 188 Å². The first kappa shape index (κ1) is 53.3. The van der Waals surface area contributed by atoms with E-state index in [9.17, 15) is 50.4 Å². The molecule has 20 heteroatoms. The number of aliphatic hydroxyl groups is 8. The maximum absolute atomic E-state index is 13.7. The number of hydrogen-bond donors (Lipinski definition) is 8. The number of ether oxygens (including phenoxy) is 10. The number of carbonyl (C=O) groups excluding carboxylic acids is 2. The van der Waals surface area contributed by atoms with Crippen molar-refractivity contribution in [3.8, 4) is 0 Å². The van der Waals surface area contributed by atoms with Gasteiger partial charge in [0, 0.05) is 6.42 Å². The van der Waals surface area contributed by atoms with Gasteiger partial charge >= 0.3 is 11.9 Å². The fourth-order valence-corrected chi connectivity index (χ4v) is 8.79. The van der Waals surface area contributed by atoms with E-state index in [2.05, 4.69) is 6.92 Å². The van der Waals surface area contributed by atoms with E-state index in [4.69, 9.17) is 47.4 Å². The molecule has 2 bridgehead atoms. The second kappa shape index (κ2) is 25.1. The van der Waals surface area contributed by atoms with Crippen molar-refractivity contribution in [3.63, 3.8) is 0 Å². The molecule has 0 radical (unpaired) electrons. The van der Waals surface area contributed by atoms with Gasteiger partial charge in [0.2, 0.25) is 0 Å². The molecule has 0 aliphatic carbocycles. The van der Waals surface area contributed by atoms with Crippen LogP contribution in [0.1, 0.15) is 125 Å². The molecule has 5 saturated heterocycles. The topological polar surface area (TPSA) is 288 Å². The van der Waals surface area contributed by atoms with Crippen LogP contribution in [0.4, 0.5) is 0 Å². The third-order valence-corrected chi connectivity index (χ3v) is 12.9. The SMILES string of the molecule is CCCCC[C@H]1CCCCCCCCCC(=O)O[C@@H]2[C@@H](O[C@@H]3O[C@H](C)[C@@H](O)[C@H](O)[C@H]3O)[C@H](C)O[C@@H](O[C@H]3[C@H](O[C@H]4[C@H](O1)O[C@H](C)[C@@H](O)[C@@H]4O)O[C@H](CO)[C@@H](O)[C@@H]3O)[C@@H]2OC(=O)C(C)C. The molecule has 372 valence electrons. The Balaban J connectivity index is 1.55. The van der Waals surface area contributed by atoms with E-state index in [-0.39, 0.29) is 12.5 Å². The molecule has 0 aromatic carbocycles. The molecule has 64 heavy (non-hydrogen) atoms. The highest BCUT2D eigenvalue weighted by Gasteiger charge is 2.57. The Morgan fingerprint density at radius 1 is 0.625 bits per heavy atom. The molecule has 0 unspecified atom stereocenters. The zero-order chi connectivity index (χ0) is 46.8. The maximum Gasteiger partial charge on any atom is 0.308 e. The lowest BCUT2D eigenvalue weighted by atomic mass is 9.95. The second-order valence-corrected chi connectivity index (χ2v) is 18.4. The summed E-state index contributed by atoms with van der Waals surface area (Å²) < 4.78 is 61.8. The van der Waals surface area contributed by atoms with Crippen molar-refractivity contribution >= 4 is 11.9 Å².